The fraction of sp³-hybridized carbons (Fsp3) is 0.389. The van der Waals surface area contributed by atoms with E-state index in [-0.39, 0.29) is 11.2 Å². The molecule has 4 rings (SSSR count). The fourth-order valence-electron chi connectivity index (χ4n) is 3.49. The molecule has 4 heterocycles. The summed E-state index contributed by atoms with van der Waals surface area (Å²) in [4.78, 5) is 26.1. The van der Waals surface area contributed by atoms with Crippen molar-refractivity contribution < 1.29 is 0 Å². The minimum absolute atomic E-state index is 0.274. The zero-order valence-electron chi connectivity index (χ0n) is 14.9. The monoisotopic (exact) mass is 354 g/mol. The van der Waals surface area contributed by atoms with E-state index in [2.05, 4.69) is 21.4 Å². The lowest BCUT2D eigenvalue weighted by molar-refractivity contribution is 0.543. The van der Waals surface area contributed by atoms with Gasteiger partial charge in [-0.25, -0.2) is 9.31 Å². The van der Waals surface area contributed by atoms with Gasteiger partial charge < -0.3 is 10.2 Å². The molecule has 0 aliphatic carbocycles. The summed E-state index contributed by atoms with van der Waals surface area (Å²) in [6.45, 7) is 2.26. The molecule has 0 bridgehead atoms. The van der Waals surface area contributed by atoms with Crippen molar-refractivity contribution in [1.29, 1.82) is 0 Å². The summed E-state index contributed by atoms with van der Waals surface area (Å²) in [5, 5.41) is 8.08. The molecule has 1 saturated heterocycles. The number of hydrogen-bond donors (Lipinski definition) is 1. The number of aromatic nitrogens is 4. The van der Waals surface area contributed by atoms with E-state index in [1.54, 1.807) is 7.05 Å². The summed E-state index contributed by atoms with van der Waals surface area (Å²) < 4.78 is 4.53. The largest absolute Gasteiger partial charge is 0.356 e. The first-order valence-electron chi connectivity index (χ1n) is 8.71. The fourth-order valence-corrected chi connectivity index (χ4v) is 3.49. The molecule has 1 fully saturated rings. The van der Waals surface area contributed by atoms with Crippen LogP contribution >= 0.6 is 0 Å². The zero-order valence-corrected chi connectivity index (χ0v) is 14.9. The summed E-state index contributed by atoms with van der Waals surface area (Å²) >= 11 is 0. The van der Waals surface area contributed by atoms with E-state index < -0.39 is 0 Å². The predicted octanol–water partition coefficient (Wildman–Crippen LogP) is 0.100. The van der Waals surface area contributed by atoms with Gasteiger partial charge in [0.05, 0.1) is 11.2 Å². The van der Waals surface area contributed by atoms with E-state index >= 15 is 0 Å². The van der Waals surface area contributed by atoms with E-state index in [9.17, 15) is 9.59 Å². The molecule has 0 aromatic carbocycles. The predicted molar refractivity (Wildman–Crippen MR) is 99.6 cm³/mol. The molecule has 1 aliphatic heterocycles. The molecule has 1 atom stereocenters. The van der Waals surface area contributed by atoms with Crippen LogP contribution in [-0.2, 0) is 20.6 Å². The second kappa shape index (κ2) is 6.45. The van der Waals surface area contributed by atoms with Crippen molar-refractivity contribution in [3.8, 4) is 0 Å². The van der Waals surface area contributed by atoms with Crippen LogP contribution in [0.25, 0.3) is 5.52 Å². The van der Waals surface area contributed by atoms with E-state index in [1.807, 2.05) is 28.9 Å². The number of hydrogen-bond acceptors (Lipinski definition) is 5. The maximum absolute atomic E-state index is 12.1. The van der Waals surface area contributed by atoms with E-state index in [1.165, 1.54) is 17.7 Å². The number of pyridine rings is 1. The summed E-state index contributed by atoms with van der Waals surface area (Å²) in [7, 11) is 3.20. The zero-order chi connectivity index (χ0) is 18.3. The Bertz CT molecular complexity index is 1030. The average molecular weight is 354 g/mol. The van der Waals surface area contributed by atoms with Gasteiger partial charge in [0.2, 0.25) is 0 Å². The number of anilines is 1. The number of rotatable bonds is 4. The summed E-state index contributed by atoms with van der Waals surface area (Å²) in [6, 6.07) is 9.89. The van der Waals surface area contributed by atoms with Crippen LogP contribution in [0.2, 0.25) is 0 Å². The first kappa shape index (κ1) is 16.6. The first-order chi connectivity index (χ1) is 12.5. The number of nitrogens with one attached hydrogen (secondary N) is 1. The van der Waals surface area contributed by atoms with Crippen molar-refractivity contribution in [3.05, 3.63) is 63.1 Å². The highest BCUT2D eigenvalue weighted by Crippen LogP contribution is 2.17. The van der Waals surface area contributed by atoms with Gasteiger partial charge in [-0.1, -0.05) is 6.07 Å². The molecule has 0 radical (unpaired) electrons. The third kappa shape index (κ3) is 2.92. The molecular weight excluding hydrogens is 332 g/mol. The van der Waals surface area contributed by atoms with Crippen LogP contribution in [0, 0.1) is 0 Å². The van der Waals surface area contributed by atoms with Crippen LogP contribution in [0.15, 0.2) is 46.1 Å². The molecule has 0 saturated carbocycles. The number of fused-ring (bicyclic) bond motifs is 1. The Labute approximate surface area is 150 Å². The second-order valence-electron chi connectivity index (χ2n) is 6.76. The third-order valence-electron chi connectivity index (χ3n) is 5.01. The van der Waals surface area contributed by atoms with Crippen molar-refractivity contribution in [2.45, 2.75) is 19.0 Å². The van der Waals surface area contributed by atoms with Gasteiger partial charge in [0.1, 0.15) is 5.82 Å². The van der Waals surface area contributed by atoms with Crippen molar-refractivity contribution >= 4 is 11.3 Å². The van der Waals surface area contributed by atoms with Gasteiger partial charge in [0, 0.05) is 52.0 Å². The SMILES string of the molecule is Cn1c(N2CC[C@@H](NCc3cc4ccccn4n3)C2)cc(=O)n(C)c1=O. The molecule has 136 valence electrons. The normalized spacial score (nSPS) is 17.3. The maximum atomic E-state index is 12.1. The van der Waals surface area contributed by atoms with E-state index in [0.29, 0.717) is 18.4 Å². The summed E-state index contributed by atoms with van der Waals surface area (Å²) in [5.74, 6) is 0.676. The quantitative estimate of drug-likeness (QED) is 0.719. The van der Waals surface area contributed by atoms with Gasteiger partial charge in [0.15, 0.2) is 0 Å². The highest BCUT2D eigenvalue weighted by molar-refractivity contribution is 5.47. The highest BCUT2D eigenvalue weighted by atomic mass is 16.2. The molecule has 0 spiro atoms. The number of nitrogens with zero attached hydrogens (tertiary/aromatic N) is 5. The maximum Gasteiger partial charge on any atom is 0.332 e. The lowest BCUT2D eigenvalue weighted by Crippen LogP contribution is -2.40. The Morgan fingerprint density at radius 3 is 2.85 bits per heavy atom. The van der Waals surface area contributed by atoms with Gasteiger partial charge in [-0.3, -0.25) is 13.9 Å². The van der Waals surface area contributed by atoms with Gasteiger partial charge >= 0.3 is 5.69 Å². The minimum atomic E-state index is -0.298. The van der Waals surface area contributed by atoms with Crippen LogP contribution in [0.5, 0.6) is 0 Å². The molecule has 1 aliphatic rings. The molecule has 8 nitrogen and oxygen atoms in total. The second-order valence-corrected chi connectivity index (χ2v) is 6.76. The van der Waals surface area contributed by atoms with Crippen molar-refractivity contribution in [3.63, 3.8) is 0 Å². The molecule has 0 unspecified atom stereocenters. The molecular formula is C18H22N6O2. The van der Waals surface area contributed by atoms with Crippen molar-refractivity contribution in [2.24, 2.45) is 14.1 Å². The van der Waals surface area contributed by atoms with E-state index in [4.69, 9.17) is 0 Å². The lowest BCUT2D eigenvalue weighted by Gasteiger charge is -2.21. The summed E-state index contributed by atoms with van der Waals surface area (Å²) in [6.07, 6.45) is 2.89. The molecule has 8 heteroatoms. The van der Waals surface area contributed by atoms with Gasteiger partial charge in [-0.15, -0.1) is 0 Å². The highest BCUT2D eigenvalue weighted by Gasteiger charge is 2.24. The van der Waals surface area contributed by atoms with Crippen molar-refractivity contribution in [2.75, 3.05) is 18.0 Å². The Morgan fingerprint density at radius 1 is 1.19 bits per heavy atom. The van der Waals surface area contributed by atoms with Gasteiger partial charge in [0.25, 0.3) is 5.56 Å². The molecule has 1 N–H and O–H groups in total. The minimum Gasteiger partial charge on any atom is -0.356 e. The van der Waals surface area contributed by atoms with E-state index in [0.717, 1.165) is 35.3 Å². The topological polar surface area (TPSA) is 76.6 Å². The smallest absolute Gasteiger partial charge is 0.332 e. The third-order valence-corrected chi connectivity index (χ3v) is 5.01. The Hall–Kier alpha value is -2.87. The van der Waals surface area contributed by atoms with Crippen molar-refractivity contribution in [1.82, 2.24) is 24.1 Å². The molecule has 26 heavy (non-hydrogen) atoms. The summed E-state index contributed by atoms with van der Waals surface area (Å²) in [5.41, 5.74) is 1.50. The van der Waals surface area contributed by atoms with Crippen LogP contribution in [0.1, 0.15) is 12.1 Å². The van der Waals surface area contributed by atoms with Gasteiger partial charge in [-0.05, 0) is 24.6 Å². The molecule has 3 aromatic heterocycles. The Kier molecular flexibility index (Phi) is 4.12. The van der Waals surface area contributed by atoms with Crippen LogP contribution < -0.4 is 21.5 Å². The van der Waals surface area contributed by atoms with Crippen LogP contribution in [-0.4, -0.2) is 37.9 Å². The average Bonchev–Trinajstić information content (AvgIpc) is 3.27. The van der Waals surface area contributed by atoms with Crippen LogP contribution in [0.4, 0.5) is 5.82 Å². The standard InChI is InChI=1S/C18H22N6O2/c1-21-16(10-17(25)22(2)18(21)26)23-8-6-13(12-23)19-11-14-9-15-5-3-4-7-24(15)20-14/h3-5,7,9-10,13,19H,6,8,11-12H2,1-2H3/t13-/m1/s1. The molecule has 0 amide bonds. The van der Waals surface area contributed by atoms with Crippen LogP contribution in [0.3, 0.4) is 0 Å². The van der Waals surface area contributed by atoms with Gasteiger partial charge in [-0.2, -0.15) is 5.10 Å². The first-order valence-corrected chi connectivity index (χ1v) is 8.71. The lowest BCUT2D eigenvalue weighted by atomic mass is 10.2. The Morgan fingerprint density at radius 2 is 2.04 bits per heavy atom. The Balaban J connectivity index is 1.44. The molecule has 3 aromatic rings.